The first-order valence-corrected chi connectivity index (χ1v) is 30.6. The third-order valence-electron chi connectivity index (χ3n) is 14.6. The highest BCUT2D eigenvalue weighted by Gasteiger charge is 2.47. The molecule has 424 valence electrons. The Morgan fingerprint density at radius 3 is 1.35 bits per heavy atom. The maximum absolute atomic E-state index is 13.4. The normalized spacial score (nSPS) is 19.6. The highest BCUT2D eigenvalue weighted by Crippen LogP contribution is 2.26. The summed E-state index contributed by atoms with van der Waals surface area (Å²) < 4.78 is 17.6. The fourth-order valence-corrected chi connectivity index (χ4v) is 9.71. The number of aliphatic hydroxyl groups is 5. The lowest BCUT2D eigenvalue weighted by atomic mass is 9.99. The van der Waals surface area contributed by atoms with Gasteiger partial charge in [-0.2, -0.15) is 0 Å². The van der Waals surface area contributed by atoms with Crippen LogP contribution in [0.2, 0.25) is 0 Å². The second-order valence-electron chi connectivity index (χ2n) is 21.4. The van der Waals surface area contributed by atoms with Crippen molar-refractivity contribution in [2.45, 2.75) is 339 Å². The van der Waals surface area contributed by atoms with E-state index in [4.69, 9.17) is 14.2 Å². The lowest BCUT2D eigenvalue weighted by molar-refractivity contribution is -0.305. The van der Waals surface area contributed by atoms with Gasteiger partial charge < -0.3 is 45.1 Å². The molecule has 0 aromatic heterocycles. The van der Waals surface area contributed by atoms with E-state index in [1.54, 1.807) is 6.08 Å². The molecule has 0 aromatic rings. The Kier molecular flexibility index (Phi) is 47.3. The van der Waals surface area contributed by atoms with Gasteiger partial charge in [-0.15, -0.1) is 0 Å². The minimum absolute atomic E-state index is 0.122. The van der Waals surface area contributed by atoms with Crippen LogP contribution in [0.15, 0.2) is 24.3 Å². The topological polar surface area (TPSA) is 175 Å². The number of hydrogen-bond acceptors (Lipinski definition) is 10. The molecule has 0 aromatic carbocycles. The summed E-state index contributed by atoms with van der Waals surface area (Å²) in [6.45, 7) is 5.80. The first-order chi connectivity index (χ1) is 35.2. The molecule has 0 aliphatic carbocycles. The SMILES string of the molecule is CCCCCCCC/C=C/CCCCCCCCCC(=O)OC1C(OCC(NC(=O)C(O)CCCCCCCCCCCCCCCC)C(O)/C=C/CCCCCCCCCCCC)OC(CO)C(O)C1O. The van der Waals surface area contributed by atoms with E-state index in [1.165, 1.54) is 173 Å². The number of nitrogens with one attached hydrogen (secondary N) is 1. The predicted octanol–water partition coefficient (Wildman–Crippen LogP) is 14.1. The van der Waals surface area contributed by atoms with Gasteiger partial charge >= 0.3 is 5.97 Å². The first-order valence-electron chi connectivity index (χ1n) is 30.6. The number of carbonyl (C=O) groups is 2. The number of hydrogen-bond donors (Lipinski definition) is 6. The minimum Gasteiger partial charge on any atom is -0.454 e. The predicted molar refractivity (Wildman–Crippen MR) is 297 cm³/mol. The van der Waals surface area contributed by atoms with E-state index in [0.717, 1.165) is 70.6 Å². The Labute approximate surface area is 441 Å². The van der Waals surface area contributed by atoms with Gasteiger partial charge in [-0.1, -0.05) is 257 Å². The molecular weight excluding hydrogens is 907 g/mol. The van der Waals surface area contributed by atoms with Gasteiger partial charge in [0.05, 0.1) is 25.4 Å². The largest absolute Gasteiger partial charge is 0.454 e. The summed E-state index contributed by atoms with van der Waals surface area (Å²) >= 11 is 0. The molecule has 1 heterocycles. The maximum atomic E-state index is 13.4. The Morgan fingerprint density at radius 1 is 0.528 bits per heavy atom. The second kappa shape index (κ2) is 50.0. The van der Waals surface area contributed by atoms with Gasteiger partial charge in [-0.25, -0.2) is 0 Å². The Hall–Kier alpha value is -1.86. The van der Waals surface area contributed by atoms with E-state index in [1.807, 2.05) is 6.08 Å². The molecule has 0 radical (unpaired) electrons. The third kappa shape index (κ3) is 37.8. The number of aliphatic hydroxyl groups excluding tert-OH is 5. The summed E-state index contributed by atoms with van der Waals surface area (Å²) in [5.41, 5.74) is 0. The van der Waals surface area contributed by atoms with Crippen LogP contribution in [0.25, 0.3) is 0 Å². The van der Waals surface area contributed by atoms with E-state index in [9.17, 15) is 35.1 Å². The molecule has 1 aliphatic rings. The zero-order valence-electron chi connectivity index (χ0n) is 46.8. The second-order valence-corrected chi connectivity index (χ2v) is 21.4. The fraction of sp³-hybridized carbons (Fsp3) is 0.902. The summed E-state index contributed by atoms with van der Waals surface area (Å²) in [6, 6.07) is -1.02. The Balaban J connectivity index is 2.69. The summed E-state index contributed by atoms with van der Waals surface area (Å²) in [4.78, 5) is 26.5. The molecule has 1 amide bonds. The standard InChI is InChI=1S/C61H115NO10/c1-4-7-10-13-16-19-22-25-27-28-29-31-34-37-40-43-46-49-56(66)72-59-58(68)57(67)55(50-63)71-61(59)70-51-52(53(64)47-44-41-38-35-32-24-21-18-15-12-9-6-3)62-60(69)54(65)48-45-42-39-36-33-30-26-23-20-17-14-11-8-5-2/h25,27,44,47,52-55,57-59,61,63-65,67-68H,4-24,26,28-43,45-46,48-51H2,1-3H3,(H,62,69)/b27-25+,47-44+. The molecule has 1 aliphatic heterocycles. The number of ether oxygens (including phenoxy) is 3. The maximum Gasteiger partial charge on any atom is 0.306 e. The van der Waals surface area contributed by atoms with Crippen LogP contribution in [0.3, 0.4) is 0 Å². The number of esters is 1. The lowest BCUT2D eigenvalue weighted by Gasteiger charge is -2.41. The Morgan fingerprint density at radius 2 is 0.917 bits per heavy atom. The van der Waals surface area contributed by atoms with Crippen LogP contribution in [-0.2, 0) is 23.8 Å². The van der Waals surface area contributed by atoms with E-state index in [2.05, 4.69) is 38.2 Å². The van der Waals surface area contributed by atoms with Gasteiger partial charge in [-0.3, -0.25) is 9.59 Å². The average molecular weight is 1020 g/mol. The van der Waals surface area contributed by atoms with E-state index >= 15 is 0 Å². The molecule has 11 heteroatoms. The first kappa shape index (κ1) is 68.2. The molecule has 11 nitrogen and oxygen atoms in total. The number of rotatable bonds is 52. The highest BCUT2D eigenvalue weighted by atomic mass is 16.7. The van der Waals surface area contributed by atoms with Crippen LogP contribution in [-0.4, -0.2) is 99.6 Å². The smallest absolute Gasteiger partial charge is 0.306 e. The van der Waals surface area contributed by atoms with Crippen molar-refractivity contribution >= 4 is 11.9 Å². The van der Waals surface area contributed by atoms with Crippen molar-refractivity contribution in [3.8, 4) is 0 Å². The van der Waals surface area contributed by atoms with Crippen LogP contribution in [0, 0.1) is 0 Å². The van der Waals surface area contributed by atoms with Crippen molar-refractivity contribution in [3.05, 3.63) is 24.3 Å². The van der Waals surface area contributed by atoms with Crippen molar-refractivity contribution < 1.29 is 49.3 Å². The number of unbranched alkanes of at least 4 members (excludes halogenated alkanes) is 36. The molecule has 0 spiro atoms. The van der Waals surface area contributed by atoms with Crippen LogP contribution in [0.5, 0.6) is 0 Å². The molecule has 0 saturated carbocycles. The van der Waals surface area contributed by atoms with Crippen molar-refractivity contribution in [3.63, 3.8) is 0 Å². The van der Waals surface area contributed by atoms with Crippen LogP contribution < -0.4 is 5.32 Å². The molecule has 6 N–H and O–H groups in total. The van der Waals surface area contributed by atoms with E-state index in [0.29, 0.717) is 19.3 Å². The lowest BCUT2D eigenvalue weighted by Crippen LogP contribution is -2.61. The van der Waals surface area contributed by atoms with Crippen molar-refractivity contribution in [1.29, 1.82) is 0 Å². The molecule has 0 bridgehead atoms. The molecule has 72 heavy (non-hydrogen) atoms. The van der Waals surface area contributed by atoms with E-state index < -0.39 is 67.4 Å². The molecule has 8 atom stereocenters. The Bertz CT molecular complexity index is 1270. The molecule has 8 unspecified atom stereocenters. The highest BCUT2D eigenvalue weighted by molar-refractivity contribution is 5.80. The van der Waals surface area contributed by atoms with Crippen molar-refractivity contribution in [2.24, 2.45) is 0 Å². The monoisotopic (exact) mass is 1020 g/mol. The summed E-state index contributed by atoms with van der Waals surface area (Å²) in [6.07, 6.45) is 46.4. The zero-order chi connectivity index (χ0) is 52.5. The van der Waals surface area contributed by atoms with Gasteiger partial charge in [0.15, 0.2) is 12.4 Å². The number of allylic oxidation sites excluding steroid dienone is 3. The molecular formula is C61H115NO10. The van der Waals surface area contributed by atoms with Gasteiger partial charge in [0.25, 0.3) is 0 Å². The van der Waals surface area contributed by atoms with Crippen molar-refractivity contribution in [1.82, 2.24) is 5.32 Å². The molecule has 1 saturated heterocycles. The van der Waals surface area contributed by atoms with Gasteiger partial charge in [0, 0.05) is 6.42 Å². The quantitative estimate of drug-likeness (QED) is 0.0195. The van der Waals surface area contributed by atoms with Gasteiger partial charge in [0.2, 0.25) is 5.91 Å². The zero-order valence-corrected chi connectivity index (χ0v) is 46.8. The summed E-state index contributed by atoms with van der Waals surface area (Å²) in [5.74, 6) is -1.19. The third-order valence-corrected chi connectivity index (χ3v) is 14.6. The fourth-order valence-electron chi connectivity index (χ4n) is 9.71. The van der Waals surface area contributed by atoms with Crippen molar-refractivity contribution in [2.75, 3.05) is 13.2 Å². The van der Waals surface area contributed by atoms with Gasteiger partial charge in [0.1, 0.15) is 24.4 Å². The van der Waals surface area contributed by atoms with Crippen LogP contribution >= 0.6 is 0 Å². The summed E-state index contributed by atoms with van der Waals surface area (Å²) in [7, 11) is 0. The van der Waals surface area contributed by atoms with E-state index in [-0.39, 0.29) is 13.0 Å². The molecule has 1 rings (SSSR count). The minimum atomic E-state index is -1.61. The average Bonchev–Trinajstić information content (AvgIpc) is 3.38. The molecule has 1 fully saturated rings. The van der Waals surface area contributed by atoms with Gasteiger partial charge in [-0.05, 0) is 51.4 Å². The summed E-state index contributed by atoms with van der Waals surface area (Å²) in [5, 5.41) is 56.9. The number of amides is 1. The number of carbonyl (C=O) groups excluding carboxylic acids is 2. The van der Waals surface area contributed by atoms with Crippen LogP contribution in [0.1, 0.15) is 290 Å². The van der Waals surface area contributed by atoms with Crippen LogP contribution in [0.4, 0.5) is 0 Å².